The lowest BCUT2D eigenvalue weighted by molar-refractivity contribution is -0.151. The molecule has 2 rings (SSSR count). The number of ether oxygens (including phenoxy) is 2. The van der Waals surface area contributed by atoms with Crippen LogP contribution in [0.25, 0.3) is 0 Å². The molecule has 0 amide bonds. The average Bonchev–Trinajstić information content (AvgIpc) is 2.49. The zero-order valence-corrected chi connectivity index (χ0v) is 13.6. The molecular formula is C17H17BrO3. The Bertz CT molecular complexity index is 611. The molecule has 0 aliphatic carbocycles. The van der Waals surface area contributed by atoms with Gasteiger partial charge < -0.3 is 9.47 Å². The molecule has 0 saturated carbocycles. The minimum atomic E-state index is -0.765. The zero-order chi connectivity index (χ0) is 15.2. The van der Waals surface area contributed by atoms with Crippen molar-refractivity contribution in [3.8, 4) is 5.75 Å². The van der Waals surface area contributed by atoms with E-state index in [1.807, 2.05) is 55.5 Å². The fourth-order valence-electron chi connectivity index (χ4n) is 1.93. The van der Waals surface area contributed by atoms with Crippen molar-refractivity contribution in [3.63, 3.8) is 0 Å². The molecule has 4 heteroatoms. The van der Waals surface area contributed by atoms with Crippen LogP contribution in [0.4, 0.5) is 0 Å². The molecule has 0 heterocycles. The standard InChI is InChI=1S/C17H17BrO3/c1-3-20-17(19)16(13-7-5-4-6-8-13)21-15-11-14(18)10-9-12(15)2/h4-11,16H,3H2,1-2H3. The van der Waals surface area contributed by atoms with Crippen LogP contribution in [0, 0.1) is 6.92 Å². The van der Waals surface area contributed by atoms with Gasteiger partial charge in [0.15, 0.2) is 0 Å². The highest BCUT2D eigenvalue weighted by molar-refractivity contribution is 9.10. The van der Waals surface area contributed by atoms with Gasteiger partial charge in [-0.25, -0.2) is 4.79 Å². The largest absolute Gasteiger partial charge is 0.474 e. The minimum absolute atomic E-state index is 0.322. The van der Waals surface area contributed by atoms with Gasteiger partial charge in [0.1, 0.15) is 5.75 Å². The first kappa shape index (κ1) is 15.6. The maximum absolute atomic E-state index is 12.2. The van der Waals surface area contributed by atoms with Crippen molar-refractivity contribution in [3.05, 3.63) is 64.1 Å². The normalized spacial score (nSPS) is 11.8. The summed E-state index contributed by atoms with van der Waals surface area (Å²) >= 11 is 3.41. The van der Waals surface area contributed by atoms with Crippen molar-refractivity contribution in [2.75, 3.05) is 6.61 Å². The van der Waals surface area contributed by atoms with Crippen LogP contribution in [0.5, 0.6) is 5.75 Å². The minimum Gasteiger partial charge on any atom is -0.474 e. The Morgan fingerprint density at radius 2 is 1.90 bits per heavy atom. The van der Waals surface area contributed by atoms with Crippen LogP contribution in [0.15, 0.2) is 53.0 Å². The van der Waals surface area contributed by atoms with Gasteiger partial charge in [-0.15, -0.1) is 0 Å². The summed E-state index contributed by atoms with van der Waals surface area (Å²) in [6, 6.07) is 15.1. The molecule has 0 saturated heterocycles. The number of carbonyl (C=O) groups is 1. The third-order valence-electron chi connectivity index (χ3n) is 3.00. The second-order valence-electron chi connectivity index (χ2n) is 4.57. The van der Waals surface area contributed by atoms with Crippen LogP contribution < -0.4 is 4.74 Å². The van der Waals surface area contributed by atoms with Crippen molar-refractivity contribution >= 4 is 21.9 Å². The molecule has 0 aromatic heterocycles. The summed E-state index contributed by atoms with van der Waals surface area (Å²) in [7, 11) is 0. The number of esters is 1. The van der Waals surface area contributed by atoms with Gasteiger partial charge in [-0.2, -0.15) is 0 Å². The van der Waals surface area contributed by atoms with E-state index in [9.17, 15) is 4.79 Å². The summed E-state index contributed by atoms with van der Waals surface area (Å²) in [5.41, 5.74) is 1.73. The van der Waals surface area contributed by atoms with E-state index < -0.39 is 6.10 Å². The molecule has 0 radical (unpaired) electrons. The van der Waals surface area contributed by atoms with Crippen LogP contribution in [-0.2, 0) is 9.53 Å². The van der Waals surface area contributed by atoms with Crippen molar-refractivity contribution < 1.29 is 14.3 Å². The highest BCUT2D eigenvalue weighted by atomic mass is 79.9. The molecule has 21 heavy (non-hydrogen) atoms. The average molecular weight is 349 g/mol. The van der Waals surface area contributed by atoms with Gasteiger partial charge in [-0.3, -0.25) is 0 Å². The van der Waals surface area contributed by atoms with E-state index in [-0.39, 0.29) is 5.97 Å². The maximum atomic E-state index is 12.2. The van der Waals surface area contributed by atoms with Crippen LogP contribution in [-0.4, -0.2) is 12.6 Å². The monoisotopic (exact) mass is 348 g/mol. The van der Waals surface area contributed by atoms with E-state index in [1.165, 1.54) is 0 Å². The van der Waals surface area contributed by atoms with Crippen molar-refractivity contribution in [2.24, 2.45) is 0 Å². The Morgan fingerprint density at radius 3 is 2.57 bits per heavy atom. The van der Waals surface area contributed by atoms with E-state index in [1.54, 1.807) is 6.92 Å². The van der Waals surface area contributed by atoms with Gasteiger partial charge in [0.2, 0.25) is 6.10 Å². The van der Waals surface area contributed by atoms with E-state index in [4.69, 9.17) is 9.47 Å². The maximum Gasteiger partial charge on any atom is 0.352 e. The Morgan fingerprint density at radius 1 is 1.19 bits per heavy atom. The fraction of sp³-hybridized carbons (Fsp3) is 0.235. The lowest BCUT2D eigenvalue weighted by atomic mass is 10.1. The Kier molecular flexibility index (Phi) is 5.39. The number of halogens is 1. The van der Waals surface area contributed by atoms with Crippen molar-refractivity contribution in [1.82, 2.24) is 0 Å². The van der Waals surface area contributed by atoms with Crippen LogP contribution >= 0.6 is 15.9 Å². The van der Waals surface area contributed by atoms with Crippen molar-refractivity contribution in [2.45, 2.75) is 20.0 Å². The fourth-order valence-corrected chi connectivity index (χ4v) is 2.27. The third-order valence-corrected chi connectivity index (χ3v) is 3.49. The smallest absolute Gasteiger partial charge is 0.352 e. The van der Waals surface area contributed by atoms with E-state index in [0.717, 1.165) is 15.6 Å². The van der Waals surface area contributed by atoms with Gasteiger partial charge in [-0.05, 0) is 31.5 Å². The Balaban J connectivity index is 2.32. The van der Waals surface area contributed by atoms with Crippen LogP contribution in [0.1, 0.15) is 24.2 Å². The van der Waals surface area contributed by atoms with Gasteiger partial charge in [0, 0.05) is 10.0 Å². The summed E-state index contributed by atoms with van der Waals surface area (Å²) in [4.78, 5) is 12.2. The molecule has 2 aromatic carbocycles. The molecule has 0 aliphatic heterocycles. The predicted octanol–water partition coefficient (Wildman–Crippen LogP) is 4.44. The van der Waals surface area contributed by atoms with Crippen molar-refractivity contribution in [1.29, 1.82) is 0 Å². The molecule has 0 fully saturated rings. The highest BCUT2D eigenvalue weighted by Gasteiger charge is 2.24. The zero-order valence-electron chi connectivity index (χ0n) is 12.0. The predicted molar refractivity (Wildman–Crippen MR) is 85.3 cm³/mol. The lowest BCUT2D eigenvalue weighted by Crippen LogP contribution is -2.21. The molecule has 0 aliphatic rings. The second-order valence-corrected chi connectivity index (χ2v) is 5.49. The van der Waals surface area contributed by atoms with Gasteiger partial charge in [-0.1, -0.05) is 52.3 Å². The van der Waals surface area contributed by atoms with Gasteiger partial charge in [0.05, 0.1) is 6.61 Å². The summed E-state index contributed by atoms with van der Waals surface area (Å²) in [5.74, 6) is 0.273. The van der Waals surface area contributed by atoms with Gasteiger partial charge in [0.25, 0.3) is 0 Å². The van der Waals surface area contributed by atoms with E-state index in [2.05, 4.69) is 15.9 Å². The molecule has 110 valence electrons. The highest BCUT2D eigenvalue weighted by Crippen LogP contribution is 2.28. The molecule has 2 aromatic rings. The number of rotatable bonds is 5. The number of carbonyl (C=O) groups excluding carboxylic acids is 1. The second kappa shape index (κ2) is 7.27. The Hall–Kier alpha value is -1.81. The summed E-state index contributed by atoms with van der Waals surface area (Å²) in [6.45, 7) is 4.04. The van der Waals surface area contributed by atoms with E-state index in [0.29, 0.717) is 12.4 Å². The van der Waals surface area contributed by atoms with Gasteiger partial charge >= 0.3 is 5.97 Å². The summed E-state index contributed by atoms with van der Waals surface area (Å²) < 4.78 is 11.9. The lowest BCUT2D eigenvalue weighted by Gasteiger charge is -2.19. The molecule has 1 atom stereocenters. The van der Waals surface area contributed by atoms with Crippen LogP contribution in [0.3, 0.4) is 0 Å². The molecule has 3 nitrogen and oxygen atoms in total. The molecule has 1 unspecified atom stereocenters. The topological polar surface area (TPSA) is 35.5 Å². The van der Waals surface area contributed by atoms with E-state index >= 15 is 0 Å². The number of hydrogen-bond acceptors (Lipinski definition) is 3. The number of hydrogen-bond donors (Lipinski definition) is 0. The molecule has 0 N–H and O–H groups in total. The Labute approximate surface area is 133 Å². The third kappa shape index (κ3) is 4.08. The first-order valence-corrected chi connectivity index (χ1v) is 7.55. The quantitative estimate of drug-likeness (QED) is 0.749. The number of aryl methyl sites for hydroxylation is 1. The summed E-state index contributed by atoms with van der Waals surface area (Å²) in [6.07, 6.45) is -0.765. The number of benzene rings is 2. The molecular weight excluding hydrogens is 332 g/mol. The SMILES string of the molecule is CCOC(=O)C(Oc1cc(Br)ccc1C)c1ccccc1. The first-order chi connectivity index (χ1) is 10.1. The summed E-state index contributed by atoms with van der Waals surface area (Å²) in [5, 5.41) is 0. The van der Waals surface area contributed by atoms with Crippen LogP contribution in [0.2, 0.25) is 0 Å². The molecule has 0 bridgehead atoms. The first-order valence-electron chi connectivity index (χ1n) is 6.76. The molecule has 0 spiro atoms.